The first kappa shape index (κ1) is 29.3. The van der Waals surface area contributed by atoms with Gasteiger partial charge in [0, 0.05) is 49.3 Å². The van der Waals surface area contributed by atoms with Crippen LogP contribution in [-0.4, -0.2) is 64.8 Å². The Morgan fingerprint density at radius 3 is 2.77 bits per heavy atom. The van der Waals surface area contributed by atoms with Crippen molar-refractivity contribution in [3.05, 3.63) is 52.8 Å². The molecule has 39 heavy (non-hydrogen) atoms. The maximum absolute atomic E-state index is 13.5. The van der Waals surface area contributed by atoms with Crippen LogP contribution in [0.25, 0.3) is 11.1 Å². The third-order valence-electron chi connectivity index (χ3n) is 8.60. The average molecular weight is 557 g/mol. The Hall–Kier alpha value is -2.68. The van der Waals surface area contributed by atoms with Crippen molar-refractivity contribution in [2.24, 2.45) is 11.8 Å². The van der Waals surface area contributed by atoms with Gasteiger partial charge >= 0.3 is 6.09 Å². The van der Waals surface area contributed by atoms with Crippen molar-refractivity contribution in [1.29, 1.82) is 0 Å². The number of nitrogens with zero attached hydrogens (tertiary/aromatic N) is 2. The number of aromatic nitrogens is 1. The van der Waals surface area contributed by atoms with Crippen LogP contribution < -0.4 is 10.6 Å². The van der Waals surface area contributed by atoms with Gasteiger partial charge in [-0.3, -0.25) is 4.79 Å². The summed E-state index contributed by atoms with van der Waals surface area (Å²) < 4.78 is 0. The highest BCUT2D eigenvalue weighted by atomic mass is 35.5. The number of carbonyl (C=O) groups is 2. The molecule has 4 rings (SSSR count). The second-order valence-corrected chi connectivity index (χ2v) is 11.3. The molecule has 1 saturated heterocycles. The fourth-order valence-corrected chi connectivity index (χ4v) is 6.69. The Kier molecular flexibility index (Phi) is 9.86. The maximum Gasteiger partial charge on any atom is 0.404 e. The molecular formula is C30H41ClN4O4. The number of aliphatic hydroxyl groups is 1. The Balaban J connectivity index is 1.68. The number of likely N-dealkylation sites (tertiary alicyclic amines) is 1. The van der Waals surface area contributed by atoms with E-state index in [1.165, 1.54) is 0 Å². The van der Waals surface area contributed by atoms with Crippen molar-refractivity contribution in [3.63, 3.8) is 0 Å². The summed E-state index contributed by atoms with van der Waals surface area (Å²) >= 11 is 6.72. The normalized spacial score (nSPS) is 22.9. The summed E-state index contributed by atoms with van der Waals surface area (Å²) in [6.45, 7) is 3.46. The molecule has 4 N–H and O–H groups in total. The van der Waals surface area contributed by atoms with Crippen LogP contribution in [0.4, 0.5) is 4.79 Å². The molecule has 2 heterocycles. The van der Waals surface area contributed by atoms with Gasteiger partial charge in [0.1, 0.15) is 5.15 Å². The molecule has 2 aliphatic rings. The molecule has 1 saturated carbocycles. The first-order valence-electron chi connectivity index (χ1n) is 14.2. The molecule has 2 amide bonds. The van der Waals surface area contributed by atoms with Crippen molar-refractivity contribution in [2.75, 3.05) is 26.7 Å². The smallest absolute Gasteiger partial charge is 0.404 e. The monoisotopic (exact) mass is 556 g/mol. The third-order valence-corrected chi connectivity index (χ3v) is 8.89. The van der Waals surface area contributed by atoms with Crippen LogP contribution in [0.1, 0.15) is 63.0 Å². The van der Waals surface area contributed by atoms with E-state index in [0.29, 0.717) is 48.3 Å². The van der Waals surface area contributed by atoms with E-state index >= 15 is 0 Å². The number of carboxylic acid groups (broad SMARTS) is 1. The lowest BCUT2D eigenvalue weighted by Crippen LogP contribution is -2.49. The van der Waals surface area contributed by atoms with Gasteiger partial charge in [-0.25, -0.2) is 9.78 Å². The fourth-order valence-electron chi connectivity index (χ4n) is 6.42. The molecule has 2 aromatic rings. The van der Waals surface area contributed by atoms with Crippen molar-refractivity contribution < 1.29 is 19.8 Å². The standard InChI is InChI=1S/C30H41ClN4O4/c1-3-20-7-4-8-21(17-20)26-25(12-15-33-27(26)31)30(39,13-6-14-34-29(37)38)23-9-5-16-35(19-23)28(36)22-10-11-24(18-22)32-2/h4,7-8,12,15,17,22-24,32,34,39H,3,5-6,9-11,13-14,16,18-19H2,1-2H3,(H,37,38)/t22-,23-,24+,30+/m1/s1. The minimum atomic E-state index is -1.33. The minimum absolute atomic E-state index is 0.0109. The van der Waals surface area contributed by atoms with Crippen LogP contribution in [0, 0.1) is 11.8 Å². The molecule has 0 spiro atoms. The summed E-state index contributed by atoms with van der Waals surface area (Å²) in [5.41, 5.74) is 2.09. The molecule has 1 aliphatic heterocycles. The van der Waals surface area contributed by atoms with Gasteiger partial charge in [-0.05, 0) is 81.2 Å². The molecule has 1 aromatic heterocycles. The highest BCUT2D eigenvalue weighted by Crippen LogP contribution is 2.45. The highest BCUT2D eigenvalue weighted by Gasteiger charge is 2.44. The number of hydrogen-bond acceptors (Lipinski definition) is 5. The van der Waals surface area contributed by atoms with Crippen LogP contribution in [0.3, 0.4) is 0 Å². The van der Waals surface area contributed by atoms with Gasteiger partial charge in [-0.15, -0.1) is 0 Å². The van der Waals surface area contributed by atoms with E-state index in [9.17, 15) is 14.7 Å². The second kappa shape index (κ2) is 13.1. The quantitative estimate of drug-likeness (QED) is 0.246. The second-order valence-electron chi connectivity index (χ2n) is 11.0. The number of piperidine rings is 1. The van der Waals surface area contributed by atoms with Gasteiger partial charge in [0.2, 0.25) is 5.91 Å². The van der Waals surface area contributed by atoms with Gasteiger partial charge < -0.3 is 25.7 Å². The molecular weight excluding hydrogens is 516 g/mol. The lowest BCUT2D eigenvalue weighted by Gasteiger charge is -2.44. The summed E-state index contributed by atoms with van der Waals surface area (Å²) in [6.07, 6.45) is 6.44. The van der Waals surface area contributed by atoms with E-state index in [1.807, 2.05) is 30.1 Å². The summed E-state index contributed by atoms with van der Waals surface area (Å²) in [4.78, 5) is 30.9. The van der Waals surface area contributed by atoms with Crippen molar-refractivity contribution >= 4 is 23.6 Å². The zero-order valence-corrected chi connectivity index (χ0v) is 23.7. The fraction of sp³-hybridized carbons (Fsp3) is 0.567. The maximum atomic E-state index is 13.5. The van der Waals surface area contributed by atoms with Crippen LogP contribution in [-0.2, 0) is 16.8 Å². The van der Waals surface area contributed by atoms with E-state index in [-0.39, 0.29) is 24.3 Å². The third kappa shape index (κ3) is 6.73. The summed E-state index contributed by atoms with van der Waals surface area (Å²) in [6, 6.07) is 10.3. The number of pyridine rings is 1. The molecule has 1 aliphatic carbocycles. The first-order valence-corrected chi connectivity index (χ1v) is 14.5. The van der Waals surface area contributed by atoms with E-state index in [2.05, 4.69) is 34.7 Å². The number of amides is 2. The van der Waals surface area contributed by atoms with Crippen LogP contribution in [0.2, 0.25) is 5.15 Å². The van der Waals surface area contributed by atoms with Crippen molar-refractivity contribution in [2.45, 2.75) is 69.9 Å². The number of rotatable bonds is 10. The Morgan fingerprint density at radius 2 is 2.05 bits per heavy atom. The molecule has 2 fully saturated rings. The largest absolute Gasteiger partial charge is 0.465 e. The molecule has 9 heteroatoms. The van der Waals surface area contributed by atoms with Crippen LogP contribution >= 0.6 is 11.6 Å². The van der Waals surface area contributed by atoms with E-state index in [1.54, 1.807) is 6.20 Å². The van der Waals surface area contributed by atoms with Gasteiger partial charge in [0.25, 0.3) is 0 Å². The molecule has 0 bridgehead atoms. The topological polar surface area (TPSA) is 115 Å². The number of nitrogens with one attached hydrogen (secondary N) is 2. The van der Waals surface area contributed by atoms with Gasteiger partial charge in [0.15, 0.2) is 0 Å². The number of halogens is 1. The van der Waals surface area contributed by atoms with E-state index in [4.69, 9.17) is 16.7 Å². The Morgan fingerprint density at radius 1 is 1.23 bits per heavy atom. The summed E-state index contributed by atoms with van der Waals surface area (Å²) in [7, 11) is 1.95. The van der Waals surface area contributed by atoms with E-state index in [0.717, 1.165) is 49.7 Å². The molecule has 8 nitrogen and oxygen atoms in total. The zero-order valence-electron chi connectivity index (χ0n) is 23.0. The van der Waals surface area contributed by atoms with Gasteiger partial charge in [-0.1, -0.05) is 42.8 Å². The molecule has 0 unspecified atom stereocenters. The van der Waals surface area contributed by atoms with Crippen molar-refractivity contribution in [3.8, 4) is 11.1 Å². The first-order chi connectivity index (χ1) is 18.8. The van der Waals surface area contributed by atoms with Crippen molar-refractivity contribution in [1.82, 2.24) is 20.5 Å². The van der Waals surface area contributed by atoms with Crippen LogP contribution in [0.5, 0.6) is 0 Å². The predicted molar refractivity (Wildman–Crippen MR) is 153 cm³/mol. The molecule has 1 aromatic carbocycles. The molecule has 0 radical (unpaired) electrons. The molecule has 4 atom stereocenters. The molecule has 212 valence electrons. The van der Waals surface area contributed by atoms with Gasteiger partial charge in [-0.2, -0.15) is 0 Å². The minimum Gasteiger partial charge on any atom is -0.465 e. The lowest BCUT2D eigenvalue weighted by atomic mass is 9.72. The average Bonchev–Trinajstić information content (AvgIpc) is 3.44. The van der Waals surface area contributed by atoms with Crippen LogP contribution in [0.15, 0.2) is 36.5 Å². The van der Waals surface area contributed by atoms with Gasteiger partial charge in [0.05, 0.1) is 5.60 Å². The lowest BCUT2D eigenvalue weighted by molar-refractivity contribution is -0.140. The summed E-state index contributed by atoms with van der Waals surface area (Å²) in [5.74, 6) is -0.0409. The van der Waals surface area contributed by atoms with E-state index < -0.39 is 11.7 Å². The Labute approximate surface area is 236 Å². The SMILES string of the molecule is CCc1cccc(-c2c([C@](O)(CCCNC(=O)O)[C@@H]3CCCN(C(=O)[C@@H]4CC[C@H](NC)C4)C3)ccnc2Cl)c1. The number of aryl methyl sites for hydroxylation is 1. The Bertz CT molecular complexity index is 1160. The summed E-state index contributed by atoms with van der Waals surface area (Å²) in [5, 5.41) is 27.7. The highest BCUT2D eigenvalue weighted by molar-refractivity contribution is 6.32. The zero-order chi connectivity index (χ0) is 28.0. The number of carbonyl (C=O) groups excluding carboxylic acids is 1. The number of hydrogen-bond donors (Lipinski definition) is 4. The predicted octanol–water partition coefficient (Wildman–Crippen LogP) is 4.83. The number of benzene rings is 1.